The number of amides is 2. The summed E-state index contributed by atoms with van der Waals surface area (Å²) in [5.41, 5.74) is 3.96. The van der Waals surface area contributed by atoms with Gasteiger partial charge in [-0.1, -0.05) is 29.8 Å². The molecule has 28 heavy (non-hydrogen) atoms. The van der Waals surface area contributed by atoms with Gasteiger partial charge < -0.3 is 15.2 Å². The summed E-state index contributed by atoms with van der Waals surface area (Å²) < 4.78 is 1.98. The third-order valence-electron chi connectivity index (χ3n) is 4.53. The van der Waals surface area contributed by atoms with Crippen LogP contribution in [0.25, 0.3) is 5.69 Å². The number of hydrogen-bond donors (Lipinski definition) is 2. The van der Waals surface area contributed by atoms with Gasteiger partial charge in [-0.15, -0.1) is 0 Å². The van der Waals surface area contributed by atoms with E-state index in [4.69, 9.17) is 0 Å². The number of carbonyl (C=O) groups excluding carboxylic acids is 2. The number of benzene rings is 2. The normalized spacial score (nSPS) is 10.5. The van der Waals surface area contributed by atoms with E-state index in [0.717, 1.165) is 11.3 Å². The van der Waals surface area contributed by atoms with Gasteiger partial charge in [0.05, 0.1) is 0 Å². The van der Waals surface area contributed by atoms with Crippen molar-refractivity contribution in [2.75, 3.05) is 13.1 Å². The Hall–Kier alpha value is -3.34. The molecule has 3 rings (SSSR count). The minimum Gasteiger partial charge on any atom is -0.354 e. The number of rotatable bonds is 8. The lowest BCUT2D eigenvalue weighted by Crippen LogP contribution is -2.34. The molecule has 0 bridgehead atoms. The minimum absolute atomic E-state index is 0.00843. The molecule has 1 heterocycles. The summed E-state index contributed by atoms with van der Waals surface area (Å²) in [4.78, 5) is 24.1. The zero-order chi connectivity index (χ0) is 19.8. The molecule has 0 radical (unpaired) electrons. The molecule has 3 aromatic rings. The van der Waals surface area contributed by atoms with Crippen molar-refractivity contribution in [1.82, 2.24) is 15.2 Å². The molecule has 0 aliphatic rings. The molecule has 0 aliphatic heterocycles. The second-order valence-electron chi connectivity index (χ2n) is 6.73. The second-order valence-corrected chi connectivity index (χ2v) is 6.73. The summed E-state index contributed by atoms with van der Waals surface area (Å²) in [7, 11) is 0. The molecule has 0 fully saturated rings. The number of aryl methyl sites for hydroxylation is 2. The monoisotopic (exact) mass is 375 g/mol. The first-order valence-electron chi connectivity index (χ1n) is 9.46. The van der Waals surface area contributed by atoms with Gasteiger partial charge in [-0.05, 0) is 55.3 Å². The first kappa shape index (κ1) is 19.4. The summed E-state index contributed by atoms with van der Waals surface area (Å²) in [6.07, 6.45) is 5.07. The largest absolute Gasteiger partial charge is 0.354 e. The molecule has 0 unspecified atom stereocenters. The van der Waals surface area contributed by atoms with E-state index in [9.17, 15) is 9.59 Å². The van der Waals surface area contributed by atoms with Crippen molar-refractivity contribution in [3.05, 3.63) is 89.7 Å². The molecule has 0 aliphatic carbocycles. The molecule has 0 atom stereocenters. The van der Waals surface area contributed by atoms with Crippen molar-refractivity contribution < 1.29 is 9.59 Å². The zero-order valence-electron chi connectivity index (χ0n) is 16.0. The van der Waals surface area contributed by atoms with Crippen molar-refractivity contribution in [3.8, 4) is 5.69 Å². The Morgan fingerprint density at radius 1 is 0.857 bits per heavy atom. The lowest BCUT2D eigenvalue weighted by atomic mass is 10.1. The zero-order valence-corrected chi connectivity index (χ0v) is 16.0. The van der Waals surface area contributed by atoms with Crippen molar-refractivity contribution in [1.29, 1.82) is 0 Å². The van der Waals surface area contributed by atoms with Gasteiger partial charge in [0.25, 0.3) is 5.91 Å². The predicted octanol–water partition coefficient (Wildman–Crippen LogP) is 3.26. The van der Waals surface area contributed by atoms with Gasteiger partial charge in [0.2, 0.25) is 5.91 Å². The summed E-state index contributed by atoms with van der Waals surface area (Å²) in [5.74, 6) is -0.154. The van der Waals surface area contributed by atoms with Crippen LogP contribution in [0.4, 0.5) is 0 Å². The molecule has 2 amide bonds. The highest BCUT2D eigenvalue weighted by molar-refractivity contribution is 5.94. The molecule has 0 saturated carbocycles. The SMILES string of the molecule is Cc1ccc(CCC(=O)NCCNC(=O)c2ccc(-n3cccc3)cc2)cc1. The maximum absolute atomic E-state index is 12.2. The maximum atomic E-state index is 12.2. The average Bonchev–Trinajstić information content (AvgIpc) is 3.25. The molecule has 2 aromatic carbocycles. The Bertz CT molecular complexity index is 898. The van der Waals surface area contributed by atoms with Crippen LogP contribution in [-0.2, 0) is 11.2 Å². The van der Waals surface area contributed by atoms with Gasteiger partial charge in [0.15, 0.2) is 0 Å². The molecular formula is C23H25N3O2. The molecule has 2 N–H and O–H groups in total. The third-order valence-corrected chi connectivity index (χ3v) is 4.53. The van der Waals surface area contributed by atoms with E-state index < -0.39 is 0 Å². The summed E-state index contributed by atoms with van der Waals surface area (Å²) >= 11 is 0. The Morgan fingerprint density at radius 3 is 2.18 bits per heavy atom. The van der Waals surface area contributed by atoms with Gasteiger partial charge in [-0.3, -0.25) is 9.59 Å². The van der Waals surface area contributed by atoms with E-state index in [-0.39, 0.29) is 11.8 Å². The number of carbonyl (C=O) groups is 2. The van der Waals surface area contributed by atoms with Gasteiger partial charge in [0, 0.05) is 43.2 Å². The quantitative estimate of drug-likeness (QED) is 0.594. The molecule has 5 heteroatoms. The lowest BCUT2D eigenvalue weighted by molar-refractivity contribution is -0.121. The molecule has 144 valence electrons. The van der Waals surface area contributed by atoms with Gasteiger partial charge in [-0.25, -0.2) is 0 Å². The predicted molar refractivity (Wildman–Crippen MR) is 111 cm³/mol. The first-order valence-corrected chi connectivity index (χ1v) is 9.46. The second kappa shape index (κ2) is 9.55. The van der Waals surface area contributed by atoms with Crippen LogP contribution in [0.5, 0.6) is 0 Å². The van der Waals surface area contributed by atoms with E-state index in [1.807, 2.05) is 72.4 Å². The van der Waals surface area contributed by atoms with Crippen LogP contribution >= 0.6 is 0 Å². The maximum Gasteiger partial charge on any atom is 0.251 e. The number of nitrogens with one attached hydrogen (secondary N) is 2. The van der Waals surface area contributed by atoms with E-state index in [1.54, 1.807) is 12.1 Å². The number of nitrogens with zero attached hydrogens (tertiary/aromatic N) is 1. The minimum atomic E-state index is -0.145. The Kier molecular flexibility index (Phi) is 6.63. The first-order chi connectivity index (χ1) is 13.6. The summed E-state index contributed by atoms with van der Waals surface area (Å²) in [6.45, 7) is 2.86. The number of aromatic nitrogens is 1. The molecule has 0 spiro atoms. The molecule has 0 saturated heterocycles. The van der Waals surface area contributed by atoms with Crippen molar-refractivity contribution in [2.45, 2.75) is 19.8 Å². The fourth-order valence-corrected chi connectivity index (χ4v) is 2.87. The summed E-state index contributed by atoms with van der Waals surface area (Å²) in [5, 5.41) is 5.67. The van der Waals surface area contributed by atoms with Gasteiger partial charge in [0.1, 0.15) is 0 Å². The van der Waals surface area contributed by atoms with Crippen LogP contribution in [0, 0.1) is 6.92 Å². The Balaban J connectivity index is 1.35. The van der Waals surface area contributed by atoms with Crippen molar-refractivity contribution in [3.63, 3.8) is 0 Å². The van der Waals surface area contributed by atoms with Crippen LogP contribution in [-0.4, -0.2) is 29.5 Å². The van der Waals surface area contributed by atoms with Gasteiger partial charge >= 0.3 is 0 Å². The highest BCUT2D eigenvalue weighted by Gasteiger charge is 2.06. The van der Waals surface area contributed by atoms with Crippen LogP contribution in [0.3, 0.4) is 0 Å². The number of hydrogen-bond acceptors (Lipinski definition) is 2. The molecule has 5 nitrogen and oxygen atoms in total. The van der Waals surface area contributed by atoms with Crippen LogP contribution in [0.2, 0.25) is 0 Å². The van der Waals surface area contributed by atoms with E-state index in [2.05, 4.69) is 10.6 Å². The van der Waals surface area contributed by atoms with Crippen molar-refractivity contribution in [2.24, 2.45) is 0 Å². The Morgan fingerprint density at radius 2 is 1.50 bits per heavy atom. The van der Waals surface area contributed by atoms with E-state index in [0.29, 0.717) is 31.5 Å². The van der Waals surface area contributed by atoms with E-state index in [1.165, 1.54) is 5.56 Å². The average molecular weight is 375 g/mol. The third kappa shape index (κ3) is 5.58. The lowest BCUT2D eigenvalue weighted by Gasteiger charge is -2.08. The van der Waals surface area contributed by atoms with Crippen LogP contribution < -0.4 is 10.6 Å². The van der Waals surface area contributed by atoms with Gasteiger partial charge in [-0.2, -0.15) is 0 Å². The molecular weight excluding hydrogens is 350 g/mol. The standard InChI is InChI=1S/C23H25N3O2/c1-18-4-6-19(7-5-18)8-13-22(27)24-14-15-25-23(28)20-9-11-21(12-10-20)26-16-2-3-17-26/h2-7,9-12,16-17H,8,13-15H2,1H3,(H,24,27)(H,25,28). The molecule has 1 aromatic heterocycles. The smallest absolute Gasteiger partial charge is 0.251 e. The summed E-state index contributed by atoms with van der Waals surface area (Å²) in [6, 6.07) is 19.5. The van der Waals surface area contributed by atoms with Crippen LogP contribution in [0.15, 0.2) is 73.1 Å². The highest BCUT2D eigenvalue weighted by atomic mass is 16.2. The highest BCUT2D eigenvalue weighted by Crippen LogP contribution is 2.10. The van der Waals surface area contributed by atoms with Crippen LogP contribution in [0.1, 0.15) is 27.9 Å². The Labute approximate surface area is 165 Å². The topological polar surface area (TPSA) is 63.1 Å². The van der Waals surface area contributed by atoms with Crippen molar-refractivity contribution >= 4 is 11.8 Å². The fourth-order valence-electron chi connectivity index (χ4n) is 2.87. The fraction of sp³-hybridized carbons (Fsp3) is 0.217. The van der Waals surface area contributed by atoms with E-state index >= 15 is 0 Å².